The summed E-state index contributed by atoms with van der Waals surface area (Å²) in [7, 11) is 0. The topological polar surface area (TPSA) is 92.0 Å². The van der Waals surface area contributed by atoms with Gasteiger partial charge in [-0.25, -0.2) is 4.98 Å². The van der Waals surface area contributed by atoms with Crippen LogP contribution in [0.5, 0.6) is 0 Å². The minimum Gasteiger partial charge on any atom is -0.504 e. The van der Waals surface area contributed by atoms with Gasteiger partial charge in [-0.1, -0.05) is 29.8 Å². The number of aromatic nitrogens is 3. The monoisotopic (exact) mass is 309 g/mol. The maximum atomic E-state index is 12.1. The van der Waals surface area contributed by atoms with E-state index in [0.29, 0.717) is 17.7 Å². The Balaban J connectivity index is 1.72. The van der Waals surface area contributed by atoms with Crippen LogP contribution in [0.3, 0.4) is 0 Å². The van der Waals surface area contributed by atoms with Crippen molar-refractivity contribution >= 4 is 11.5 Å². The number of nitrogens with zero attached hydrogens (tertiary/aromatic N) is 2. The van der Waals surface area contributed by atoms with Crippen LogP contribution in [0.4, 0.5) is 0 Å². The molecular formula is C17H15N3O3. The maximum absolute atomic E-state index is 12.1. The Labute approximate surface area is 132 Å². The largest absolute Gasteiger partial charge is 0.504 e. The minimum absolute atomic E-state index is 0.0710. The summed E-state index contributed by atoms with van der Waals surface area (Å²) in [5.74, 6) is 0.0912. The molecule has 3 rings (SSSR count). The number of rotatable bonds is 5. The Morgan fingerprint density at radius 2 is 2.13 bits per heavy atom. The summed E-state index contributed by atoms with van der Waals surface area (Å²) >= 11 is 0. The van der Waals surface area contributed by atoms with Crippen LogP contribution < -0.4 is 0 Å². The summed E-state index contributed by atoms with van der Waals surface area (Å²) in [5, 5.41) is 15.9. The lowest BCUT2D eigenvalue weighted by atomic mass is 10.1. The molecule has 0 unspecified atom stereocenters. The van der Waals surface area contributed by atoms with E-state index in [1.54, 1.807) is 6.07 Å². The van der Waals surface area contributed by atoms with Crippen LogP contribution in [-0.4, -0.2) is 26.1 Å². The number of hydrogen-bond acceptors (Lipinski definition) is 5. The number of aliphatic hydroxyl groups is 1. The van der Waals surface area contributed by atoms with Gasteiger partial charge in [0.15, 0.2) is 11.5 Å². The highest BCUT2D eigenvalue weighted by atomic mass is 16.3. The minimum atomic E-state index is -0.369. The summed E-state index contributed by atoms with van der Waals surface area (Å²) in [6, 6.07) is 9.77. The highest BCUT2D eigenvalue weighted by Crippen LogP contribution is 2.16. The average Bonchev–Trinajstić information content (AvgIpc) is 3.21. The fourth-order valence-electron chi connectivity index (χ4n) is 2.11. The average molecular weight is 309 g/mol. The van der Waals surface area contributed by atoms with Crippen LogP contribution in [0, 0.1) is 6.92 Å². The SMILES string of the molecule is Cc1ccc(Cc2cc(C(=O)C=C(O)c3nc[nH]n3)co2)cc1. The van der Waals surface area contributed by atoms with E-state index >= 15 is 0 Å². The van der Waals surface area contributed by atoms with Gasteiger partial charge in [0, 0.05) is 12.5 Å². The number of aliphatic hydroxyl groups excluding tert-OH is 1. The first-order valence-corrected chi connectivity index (χ1v) is 7.06. The predicted molar refractivity (Wildman–Crippen MR) is 84.0 cm³/mol. The zero-order valence-corrected chi connectivity index (χ0v) is 12.5. The molecule has 2 aromatic heterocycles. The van der Waals surface area contributed by atoms with Gasteiger partial charge >= 0.3 is 0 Å². The van der Waals surface area contributed by atoms with Crippen molar-refractivity contribution in [3.8, 4) is 0 Å². The van der Waals surface area contributed by atoms with Crippen molar-refractivity contribution in [3.05, 3.63) is 77.3 Å². The van der Waals surface area contributed by atoms with E-state index in [4.69, 9.17) is 4.42 Å². The molecule has 0 aliphatic carbocycles. The molecule has 0 saturated carbocycles. The van der Waals surface area contributed by atoms with E-state index < -0.39 is 0 Å². The van der Waals surface area contributed by atoms with E-state index in [-0.39, 0.29) is 17.4 Å². The zero-order valence-electron chi connectivity index (χ0n) is 12.5. The van der Waals surface area contributed by atoms with Crippen molar-refractivity contribution in [1.82, 2.24) is 15.2 Å². The lowest BCUT2D eigenvalue weighted by Gasteiger charge is -1.98. The molecular weight excluding hydrogens is 294 g/mol. The Kier molecular flexibility index (Phi) is 4.05. The summed E-state index contributed by atoms with van der Waals surface area (Å²) in [4.78, 5) is 15.9. The molecule has 116 valence electrons. The third-order valence-electron chi connectivity index (χ3n) is 3.35. The first-order chi connectivity index (χ1) is 11.1. The van der Waals surface area contributed by atoms with Gasteiger partial charge in [0.05, 0.1) is 5.56 Å². The summed E-state index contributed by atoms with van der Waals surface area (Å²) < 4.78 is 5.42. The number of carbonyl (C=O) groups excluding carboxylic acids is 1. The Hall–Kier alpha value is -3.15. The number of ketones is 1. The number of hydrogen-bond donors (Lipinski definition) is 2. The molecule has 0 radical (unpaired) electrons. The summed E-state index contributed by atoms with van der Waals surface area (Å²) in [6.45, 7) is 2.03. The van der Waals surface area contributed by atoms with Gasteiger partial charge in [-0.05, 0) is 18.6 Å². The molecule has 2 heterocycles. The van der Waals surface area contributed by atoms with E-state index in [0.717, 1.165) is 11.6 Å². The molecule has 6 heteroatoms. The number of benzene rings is 1. The number of aromatic amines is 1. The standard InChI is InChI=1S/C17H15N3O3/c1-11-2-4-12(5-3-11)6-14-7-13(9-23-14)15(21)8-16(22)17-18-10-19-20-17/h2-5,7-10,22H,6H2,1H3,(H,18,19,20). The van der Waals surface area contributed by atoms with Gasteiger partial charge in [-0.2, -0.15) is 5.10 Å². The Morgan fingerprint density at radius 1 is 1.35 bits per heavy atom. The molecule has 0 aliphatic heterocycles. The molecule has 0 amide bonds. The number of carbonyl (C=O) groups is 1. The molecule has 0 atom stereocenters. The third-order valence-corrected chi connectivity index (χ3v) is 3.35. The molecule has 0 spiro atoms. The summed E-state index contributed by atoms with van der Waals surface area (Å²) in [6.07, 6.45) is 4.38. The Bertz CT molecular complexity index is 830. The molecule has 0 fully saturated rings. The molecule has 0 aliphatic rings. The van der Waals surface area contributed by atoms with Gasteiger partial charge in [-0.15, -0.1) is 0 Å². The number of allylic oxidation sites excluding steroid dienone is 1. The Morgan fingerprint density at radius 3 is 2.83 bits per heavy atom. The molecule has 0 bridgehead atoms. The van der Waals surface area contributed by atoms with Crippen LogP contribution in [0.2, 0.25) is 0 Å². The van der Waals surface area contributed by atoms with E-state index in [9.17, 15) is 9.90 Å². The van der Waals surface area contributed by atoms with Crippen molar-refractivity contribution in [2.75, 3.05) is 0 Å². The highest BCUT2D eigenvalue weighted by molar-refractivity contribution is 6.07. The molecule has 1 aromatic carbocycles. The lowest BCUT2D eigenvalue weighted by Crippen LogP contribution is -1.96. The maximum Gasteiger partial charge on any atom is 0.215 e. The second kappa shape index (κ2) is 6.31. The van der Waals surface area contributed by atoms with Crippen molar-refractivity contribution in [1.29, 1.82) is 0 Å². The molecule has 0 saturated heterocycles. The van der Waals surface area contributed by atoms with Gasteiger partial charge < -0.3 is 9.52 Å². The molecule has 23 heavy (non-hydrogen) atoms. The quantitative estimate of drug-likeness (QED) is 0.429. The van der Waals surface area contributed by atoms with Crippen LogP contribution >= 0.6 is 0 Å². The van der Waals surface area contributed by atoms with Gasteiger partial charge in [0.25, 0.3) is 0 Å². The number of nitrogens with one attached hydrogen (secondary N) is 1. The second-order valence-corrected chi connectivity index (χ2v) is 5.18. The van der Waals surface area contributed by atoms with Crippen LogP contribution in [0.15, 0.2) is 53.4 Å². The van der Waals surface area contributed by atoms with E-state index in [1.807, 2.05) is 31.2 Å². The smallest absolute Gasteiger partial charge is 0.215 e. The van der Waals surface area contributed by atoms with Gasteiger partial charge in [-0.3, -0.25) is 9.89 Å². The number of aryl methyl sites for hydroxylation is 1. The molecule has 2 N–H and O–H groups in total. The highest BCUT2D eigenvalue weighted by Gasteiger charge is 2.12. The van der Waals surface area contributed by atoms with Crippen molar-refractivity contribution in [2.45, 2.75) is 13.3 Å². The second-order valence-electron chi connectivity index (χ2n) is 5.18. The number of H-pyrrole nitrogens is 1. The summed E-state index contributed by atoms with van der Waals surface area (Å²) in [5.41, 5.74) is 2.66. The van der Waals surface area contributed by atoms with Gasteiger partial charge in [0.2, 0.25) is 5.82 Å². The molecule has 3 aromatic rings. The zero-order chi connectivity index (χ0) is 16.2. The van der Waals surface area contributed by atoms with Crippen molar-refractivity contribution < 1.29 is 14.3 Å². The van der Waals surface area contributed by atoms with Crippen molar-refractivity contribution in [2.24, 2.45) is 0 Å². The van der Waals surface area contributed by atoms with E-state index in [1.165, 1.54) is 18.2 Å². The fraction of sp³-hybridized carbons (Fsp3) is 0.118. The lowest BCUT2D eigenvalue weighted by molar-refractivity contribution is 0.104. The third kappa shape index (κ3) is 3.55. The predicted octanol–water partition coefficient (Wildman–Crippen LogP) is 3.08. The van der Waals surface area contributed by atoms with Crippen LogP contribution in [0.1, 0.15) is 33.1 Å². The fourth-order valence-corrected chi connectivity index (χ4v) is 2.11. The first-order valence-electron chi connectivity index (χ1n) is 7.06. The van der Waals surface area contributed by atoms with Crippen LogP contribution in [-0.2, 0) is 6.42 Å². The van der Waals surface area contributed by atoms with E-state index in [2.05, 4.69) is 15.2 Å². The first kappa shape index (κ1) is 14.8. The normalized spacial score (nSPS) is 11.6. The van der Waals surface area contributed by atoms with Gasteiger partial charge in [0.1, 0.15) is 18.4 Å². The number of furan rings is 1. The van der Waals surface area contributed by atoms with Crippen molar-refractivity contribution in [3.63, 3.8) is 0 Å². The van der Waals surface area contributed by atoms with Crippen LogP contribution in [0.25, 0.3) is 5.76 Å². The molecule has 6 nitrogen and oxygen atoms in total.